The smallest absolute Gasteiger partial charge is 0.258 e. The Bertz CT molecular complexity index is 744. The molecule has 22 heavy (non-hydrogen) atoms. The molecule has 0 unspecified atom stereocenters. The fourth-order valence-corrected chi connectivity index (χ4v) is 2.62. The van der Waals surface area contributed by atoms with Crippen molar-refractivity contribution in [1.82, 2.24) is 14.7 Å². The Morgan fingerprint density at radius 2 is 2.05 bits per heavy atom. The van der Waals surface area contributed by atoms with Gasteiger partial charge in [-0.1, -0.05) is 23.2 Å². The number of rotatable bonds is 4. The molecule has 5 nitrogen and oxygen atoms in total. The molecule has 0 spiro atoms. The molecule has 114 valence electrons. The summed E-state index contributed by atoms with van der Waals surface area (Å²) in [6.45, 7) is 4.89. The quantitative estimate of drug-likeness (QED) is 0.857. The van der Waals surface area contributed by atoms with Gasteiger partial charge in [0.2, 0.25) is 0 Å². The summed E-state index contributed by atoms with van der Waals surface area (Å²) in [6, 6.07) is 6.90. The summed E-state index contributed by atoms with van der Waals surface area (Å²) in [5.74, 6) is -0.224. The first-order valence-electron chi connectivity index (χ1n) is 6.76. The van der Waals surface area contributed by atoms with Gasteiger partial charge in [0.15, 0.2) is 5.69 Å². The van der Waals surface area contributed by atoms with Gasteiger partial charge in [-0.05, 0) is 32.0 Å². The molecular formula is C15H14Cl2N4O. The van der Waals surface area contributed by atoms with E-state index in [0.717, 1.165) is 0 Å². The summed E-state index contributed by atoms with van der Waals surface area (Å²) >= 11 is 12.0. The zero-order valence-corrected chi connectivity index (χ0v) is 13.7. The largest absolute Gasteiger partial charge is 0.339 e. The summed E-state index contributed by atoms with van der Waals surface area (Å²) in [5.41, 5.74) is 0.916. The number of nitriles is 1. The molecule has 0 aliphatic carbocycles. The van der Waals surface area contributed by atoms with E-state index in [4.69, 9.17) is 23.2 Å². The van der Waals surface area contributed by atoms with Crippen molar-refractivity contribution in [2.75, 3.05) is 13.1 Å². The van der Waals surface area contributed by atoms with Crippen LogP contribution in [-0.4, -0.2) is 33.7 Å². The van der Waals surface area contributed by atoms with Crippen LogP contribution in [0.5, 0.6) is 0 Å². The fraction of sp³-hybridized carbons (Fsp3) is 0.267. The normalized spacial score (nSPS) is 10.3. The highest BCUT2D eigenvalue weighted by Gasteiger charge is 2.22. The van der Waals surface area contributed by atoms with Gasteiger partial charge in [0.05, 0.1) is 22.5 Å². The van der Waals surface area contributed by atoms with E-state index in [2.05, 4.69) is 5.10 Å². The minimum Gasteiger partial charge on any atom is -0.339 e. The van der Waals surface area contributed by atoms with Gasteiger partial charge in [0.25, 0.3) is 5.91 Å². The second kappa shape index (κ2) is 6.82. The molecule has 0 aliphatic heterocycles. The maximum absolute atomic E-state index is 12.4. The number of benzene rings is 1. The average molecular weight is 337 g/mol. The molecule has 1 aromatic heterocycles. The van der Waals surface area contributed by atoms with Crippen LogP contribution in [0.2, 0.25) is 10.0 Å². The van der Waals surface area contributed by atoms with Gasteiger partial charge in [0, 0.05) is 18.1 Å². The Labute approximate surface area is 138 Å². The molecule has 0 aliphatic rings. The van der Waals surface area contributed by atoms with Gasteiger partial charge in [-0.2, -0.15) is 10.4 Å². The second-order valence-corrected chi connectivity index (χ2v) is 5.35. The number of amides is 1. The van der Waals surface area contributed by atoms with Gasteiger partial charge in [-0.3, -0.25) is 4.79 Å². The van der Waals surface area contributed by atoms with Gasteiger partial charge in [-0.15, -0.1) is 0 Å². The predicted molar refractivity (Wildman–Crippen MR) is 85.6 cm³/mol. The average Bonchev–Trinajstić information content (AvgIpc) is 2.91. The highest BCUT2D eigenvalue weighted by Crippen LogP contribution is 2.26. The maximum Gasteiger partial charge on any atom is 0.258 e. The topological polar surface area (TPSA) is 61.9 Å². The first-order valence-corrected chi connectivity index (χ1v) is 7.51. The summed E-state index contributed by atoms with van der Waals surface area (Å²) in [5, 5.41) is 14.4. The molecule has 0 bridgehead atoms. The highest BCUT2D eigenvalue weighted by atomic mass is 35.5. The molecule has 1 amide bonds. The fourth-order valence-electron chi connectivity index (χ4n) is 2.13. The van der Waals surface area contributed by atoms with Crippen molar-refractivity contribution in [3.05, 3.63) is 45.7 Å². The molecule has 2 rings (SSSR count). The van der Waals surface area contributed by atoms with Crippen molar-refractivity contribution in [2.24, 2.45) is 0 Å². The predicted octanol–water partition coefficient (Wildman–Crippen LogP) is 3.53. The highest BCUT2D eigenvalue weighted by molar-refractivity contribution is 6.35. The van der Waals surface area contributed by atoms with Gasteiger partial charge < -0.3 is 4.90 Å². The molecule has 1 aromatic carbocycles. The molecule has 0 saturated carbocycles. The minimum absolute atomic E-state index is 0.154. The van der Waals surface area contributed by atoms with Crippen LogP contribution in [0.15, 0.2) is 24.4 Å². The molecule has 0 saturated heterocycles. The Hall–Kier alpha value is -2.03. The first-order chi connectivity index (χ1) is 10.5. The van der Waals surface area contributed by atoms with Crippen LogP contribution in [0.25, 0.3) is 5.69 Å². The molecular weight excluding hydrogens is 323 g/mol. The summed E-state index contributed by atoms with van der Waals surface area (Å²) < 4.78 is 1.36. The Morgan fingerprint density at radius 3 is 2.59 bits per heavy atom. The lowest BCUT2D eigenvalue weighted by Gasteiger charge is -2.17. The number of carbonyl (C=O) groups is 1. The molecule has 2 aromatic rings. The third-order valence-electron chi connectivity index (χ3n) is 3.29. The number of hydrogen-bond acceptors (Lipinski definition) is 3. The van der Waals surface area contributed by atoms with E-state index in [1.807, 2.05) is 19.9 Å². The standard InChI is InChI=1S/C15H14Cl2N4O/c1-3-20(4-2)15(22)11-9-19-21(14(11)8-18)13-6-5-10(16)7-12(13)17/h5-7,9H,3-4H2,1-2H3. The van der Waals surface area contributed by atoms with Crippen molar-refractivity contribution in [3.8, 4) is 11.8 Å². The van der Waals surface area contributed by atoms with E-state index in [0.29, 0.717) is 28.8 Å². The van der Waals surface area contributed by atoms with Crippen LogP contribution in [-0.2, 0) is 0 Å². The van der Waals surface area contributed by atoms with E-state index in [1.165, 1.54) is 10.9 Å². The van der Waals surface area contributed by atoms with Crippen LogP contribution >= 0.6 is 23.2 Å². The molecule has 7 heteroatoms. The third kappa shape index (κ3) is 2.94. The Kier molecular flexibility index (Phi) is 5.07. The third-order valence-corrected chi connectivity index (χ3v) is 3.83. The monoisotopic (exact) mass is 336 g/mol. The number of hydrogen-bond donors (Lipinski definition) is 0. The molecule has 0 N–H and O–H groups in total. The van der Waals surface area contributed by atoms with Crippen LogP contribution in [0, 0.1) is 11.3 Å². The van der Waals surface area contributed by atoms with Gasteiger partial charge in [0.1, 0.15) is 6.07 Å². The van der Waals surface area contributed by atoms with E-state index < -0.39 is 0 Å². The van der Waals surface area contributed by atoms with Gasteiger partial charge >= 0.3 is 0 Å². The number of aromatic nitrogens is 2. The lowest BCUT2D eigenvalue weighted by molar-refractivity contribution is 0.0772. The number of nitrogens with zero attached hydrogens (tertiary/aromatic N) is 4. The van der Waals surface area contributed by atoms with E-state index in [1.54, 1.807) is 23.1 Å². The van der Waals surface area contributed by atoms with E-state index in [-0.39, 0.29) is 17.2 Å². The summed E-state index contributed by atoms with van der Waals surface area (Å²) in [7, 11) is 0. The molecule has 0 radical (unpaired) electrons. The number of halogens is 2. The lowest BCUT2D eigenvalue weighted by atomic mass is 10.2. The summed E-state index contributed by atoms with van der Waals surface area (Å²) in [6.07, 6.45) is 1.39. The second-order valence-electron chi connectivity index (χ2n) is 4.50. The molecule has 1 heterocycles. The first kappa shape index (κ1) is 16.3. The lowest BCUT2D eigenvalue weighted by Crippen LogP contribution is -2.30. The van der Waals surface area contributed by atoms with E-state index >= 15 is 0 Å². The summed E-state index contributed by atoms with van der Waals surface area (Å²) in [4.78, 5) is 14.1. The van der Waals surface area contributed by atoms with Crippen molar-refractivity contribution in [2.45, 2.75) is 13.8 Å². The van der Waals surface area contributed by atoms with Crippen LogP contribution < -0.4 is 0 Å². The van der Waals surface area contributed by atoms with Crippen molar-refractivity contribution in [1.29, 1.82) is 5.26 Å². The van der Waals surface area contributed by atoms with Crippen LogP contribution in [0.3, 0.4) is 0 Å². The van der Waals surface area contributed by atoms with E-state index in [9.17, 15) is 10.1 Å². The van der Waals surface area contributed by atoms with Gasteiger partial charge in [-0.25, -0.2) is 4.68 Å². The van der Waals surface area contributed by atoms with Crippen LogP contribution in [0.1, 0.15) is 29.9 Å². The Balaban J connectivity index is 2.53. The molecule has 0 atom stereocenters. The maximum atomic E-state index is 12.4. The zero-order valence-electron chi connectivity index (χ0n) is 12.2. The van der Waals surface area contributed by atoms with Crippen molar-refractivity contribution < 1.29 is 4.79 Å². The SMILES string of the molecule is CCN(CC)C(=O)c1cnn(-c2ccc(Cl)cc2Cl)c1C#N. The minimum atomic E-state index is -0.224. The van der Waals surface area contributed by atoms with Crippen molar-refractivity contribution >= 4 is 29.1 Å². The van der Waals surface area contributed by atoms with Crippen LogP contribution in [0.4, 0.5) is 0 Å². The molecule has 0 fully saturated rings. The zero-order chi connectivity index (χ0) is 16.3. The Morgan fingerprint density at radius 1 is 1.36 bits per heavy atom. The number of carbonyl (C=O) groups excluding carboxylic acids is 1. The van der Waals surface area contributed by atoms with Crippen molar-refractivity contribution in [3.63, 3.8) is 0 Å².